The second-order valence-corrected chi connectivity index (χ2v) is 9.64. The molecular formula is C33H33N3. The van der Waals surface area contributed by atoms with Gasteiger partial charge in [-0.3, -0.25) is 4.90 Å². The van der Waals surface area contributed by atoms with Crippen LogP contribution in [0.5, 0.6) is 0 Å². The van der Waals surface area contributed by atoms with E-state index < -0.39 is 0 Å². The Balaban J connectivity index is 1.68. The lowest BCUT2D eigenvalue weighted by atomic mass is 9.87. The van der Waals surface area contributed by atoms with Crippen molar-refractivity contribution in [2.75, 3.05) is 38.4 Å². The van der Waals surface area contributed by atoms with Gasteiger partial charge in [0, 0.05) is 42.6 Å². The smallest absolute Gasteiger partial charge is 0.0464 e. The number of fused-ring (bicyclic) bond motifs is 1. The molecule has 4 aromatic carbocycles. The zero-order valence-corrected chi connectivity index (χ0v) is 21.4. The van der Waals surface area contributed by atoms with E-state index in [4.69, 9.17) is 0 Å². The quantitative estimate of drug-likeness (QED) is 0.314. The number of benzene rings is 4. The van der Waals surface area contributed by atoms with Crippen LogP contribution in [-0.2, 0) is 0 Å². The molecule has 0 heterocycles. The van der Waals surface area contributed by atoms with Gasteiger partial charge in [0.1, 0.15) is 0 Å². The van der Waals surface area contributed by atoms with Crippen molar-refractivity contribution in [3.8, 4) is 0 Å². The number of para-hydroxylation sites is 1. The fourth-order valence-corrected chi connectivity index (χ4v) is 4.74. The lowest BCUT2D eigenvalue weighted by molar-refractivity contribution is 0.390. The zero-order valence-electron chi connectivity index (χ0n) is 21.4. The minimum Gasteiger partial charge on any atom is -0.378 e. The zero-order chi connectivity index (χ0) is 25.1. The van der Waals surface area contributed by atoms with Gasteiger partial charge >= 0.3 is 0 Å². The third kappa shape index (κ3) is 4.84. The average molecular weight is 472 g/mol. The van der Waals surface area contributed by atoms with Crippen LogP contribution in [0, 0.1) is 0 Å². The molecule has 0 spiro atoms. The van der Waals surface area contributed by atoms with E-state index in [0.717, 1.165) is 11.4 Å². The highest BCUT2D eigenvalue weighted by Crippen LogP contribution is 2.38. The summed E-state index contributed by atoms with van der Waals surface area (Å²) in [6, 6.07) is 32.7. The predicted molar refractivity (Wildman–Crippen MR) is 156 cm³/mol. The molecule has 0 aliphatic heterocycles. The van der Waals surface area contributed by atoms with Crippen molar-refractivity contribution in [1.29, 1.82) is 0 Å². The number of hydrogen-bond acceptors (Lipinski definition) is 3. The Morgan fingerprint density at radius 1 is 0.667 bits per heavy atom. The molecule has 3 nitrogen and oxygen atoms in total. The van der Waals surface area contributed by atoms with E-state index in [1.807, 2.05) is 6.07 Å². The Labute approximate surface area is 214 Å². The molecular weight excluding hydrogens is 438 g/mol. The highest BCUT2D eigenvalue weighted by atomic mass is 15.1. The van der Waals surface area contributed by atoms with Gasteiger partial charge in [-0.25, -0.2) is 0 Å². The van der Waals surface area contributed by atoms with Gasteiger partial charge in [-0.15, -0.1) is 0 Å². The Hall–Kier alpha value is -4.08. The fraction of sp³-hybridized carbons (Fsp3) is 0.152. The van der Waals surface area contributed by atoms with Gasteiger partial charge in [0.05, 0.1) is 0 Å². The maximum absolute atomic E-state index is 3.62. The SMILES string of the molecule is CN(C)c1ccc(C(=C2C=CC(N(C)C)C=C2)c2ccc(Nc3ccccc3)c3ccccc23)cc1. The number of likely N-dealkylation sites (N-methyl/N-ethyl adjacent to an activating group) is 1. The molecule has 1 N–H and O–H groups in total. The van der Waals surface area contributed by atoms with Crippen LogP contribution in [0.4, 0.5) is 17.1 Å². The maximum atomic E-state index is 3.62. The van der Waals surface area contributed by atoms with Gasteiger partial charge in [0.2, 0.25) is 0 Å². The molecule has 5 rings (SSSR count). The van der Waals surface area contributed by atoms with Crippen molar-refractivity contribution in [3.63, 3.8) is 0 Å². The molecule has 1 aliphatic rings. The molecule has 180 valence electrons. The first-order valence-electron chi connectivity index (χ1n) is 12.4. The van der Waals surface area contributed by atoms with E-state index in [9.17, 15) is 0 Å². The first-order chi connectivity index (χ1) is 17.5. The molecule has 0 saturated heterocycles. The summed E-state index contributed by atoms with van der Waals surface area (Å²) in [6.45, 7) is 0. The molecule has 4 aromatic rings. The highest BCUT2D eigenvalue weighted by molar-refractivity contribution is 6.05. The summed E-state index contributed by atoms with van der Waals surface area (Å²) >= 11 is 0. The van der Waals surface area contributed by atoms with Crippen LogP contribution in [-0.4, -0.2) is 39.1 Å². The first kappa shape index (κ1) is 23.7. The highest BCUT2D eigenvalue weighted by Gasteiger charge is 2.17. The molecule has 0 bridgehead atoms. The topological polar surface area (TPSA) is 18.5 Å². The van der Waals surface area contributed by atoms with Crippen LogP contribution in [0.1, 0.15) is 11.1 Å². The molecule has 0 aromatic heterocycles. The van der Waals surface area contributed by atoms with E-state index >= 15 is 0 Å². The molecule has 3 heteroatoms. The van der Waals surface area contributed by atoms with Crippen LogP contribution in [0.15, 0.2) is 121 Å². The average Bonchev–Trinajstić information content (AvgIpc) is 2.91. The second-order valence-electron chi connectivity index (χ2n) is 9.64. The second kappa shape index (κ2) is 10.3. The fourth-order valence-electron chi connectivity index (χ4n) is 4.74. The minimum absolute atomic E-state index is 0.306. The number of anilines is 3. The standard InChI is InChI=1S/C33H33N3/c1-35(2)27-18-14-24(15-19-27)33(25-16-20-28(21-17-25)36(3)4)31-22-23-32(30-13-9-8-12-29(30)31)34-26-10-6-5-7-11-26/h5-23,27,34H,1-4H3. The number of hydrogen-bond donors (Lipinski definition) is 1. The van der Waals surface area contributed by atoms with Crippen LogP contribution in [0.3, 0.4) is 0 Å². The third-order valence-electron chi connectivity index (χ3n) is 6.75. The Kier molecular flexibility index (Phi) is 6.75. The van der Waals surface area contributed by atoms with Crippen LogP contribution < -0.4 is 10.2 Å². The van der Waals surface area contributed by atoms with E-state index in [2.05, 4.69) is 153 Å². The van der Waals surface area contributed by atoms with Crippen molar-refractivity contribution in [3.05, 3.63) is 132 Å². The molecule has 0 atom stereocenters. The van der Waals surface area contributed by atoms with E-state index in [1.54, 1.807) is 0 Å². The summed E-state index contributed by atoms with van der Waals surface area (Å²) in [6.07, 6.45) is 9.09. The molecule has 1 aliphatic carbocycles. The molecule has 36 heavy (non-hydrogen) atoms. The largest absolute Gasteiger partial charge is 0.378 e. The normalized spacial score (nSPS) is 14.9. The van der Waals surface area contributed by atoms with E-state index in [0.29, 0.717) is 6.04 Å². The lowest BCUT2D eigenvalue weighted by Crippen LogP contribution is -2.24. The lowest BCUT2D eigenvalue weighted by Gasteiger charge is -2.23. The third-order valence-corrected chi connectivity index (χ3v) is 6.75. The summed E-state index contributed by atoms with van der Waals surface area (Å²) in [4.78, 5) is 4.35. The Bertz CT molecular complexity index is 1430. The van der Waals surface area contributed by atoms with Crippen molar-refractivity contribution < 1.29 is 0 Å². The van der Waals surface area contributed by atoms with Crippen LogP contribution >= 0.6 is 0 Å². The molecule has 0 saturated carbocycles. The van der Waals surface area contributed by atoms with Gasteiger partial charge < -0.3 is 10.2 Å². The summed E-state index contributed by atoms with van der Waals surface area (Å²) < 4.78 is 0. The van der Waals surface area contributed by atoms with Gasteiger partial charge in [-0.2, -0.15) is 0 Å². The van der Waals surface area contributed by atoms with Gasteiger partial charge in [0.25, 0.3) is 0 Å². The number of nitrogens with zero attached hydrogens (tertiary/aromatic N) is 2. The molecule has 0 fully saturated rings. The van der Waals surface area contributed by atoms with Crippen LogP contribution in [0.2, 0.25) is 0 Å². The summed E-state index contributed by atoms with van der Waals surface area (Å²) in [5, 5.41) is 6.05. The minimum atomic E-state index is 0.306. The Morgan fingerprint density at radius 2 is 1.31 bits per heavy atom. The van der Waals surface area contributed by atoms with Crippen molar-refractivity contribution >= 4 is 33.4 Å². The summed E-state index contributed by atoms with van der Waals surface area (Å²) in [7, 11) is 8.38. The monoisotopic (exact) mass is 471 g/mol. The first-order valence-corrected chi connectivity index (χ1v) is 12.4. The summed E-state index contributed by atoms with van der Waals surface area (Å²) in [5.74, 6) is 0. The van der Waals surface area contributed by atoms with Crippen molar-refractivity contribution in [2.45, 2.75) is 6.04 Å². The maximum Gasteiger partial charge on any atom is 0.0464 e. The van der Waals surface area contributed by atoms with Crippen molar-refractivity contribution in [1.82, 2.24) is 4.90 Å². The molecule has 0 unspecified atom stereocenters. The Morgan fingerprint density at radius 3 is 1.94 bits per heavy atom. The van der Waals surface area contributed by atoms with Gasteiger partial charge in [0.15, 0.2) is 0 Å². The van der Waals surface area contributed by atoms with Gasteiger partial charge in [-0.05, 0) is 72.1 Å². The number of nitrogens with one attached hydrogen (secondary N) is 1. The van der Waals surface area contributed by atoms with Gasteiger partial charge in [-0.1, -0.05) is 85.0 Å². The van der Waals surface area contributed by atoms with E-state index in [1.165, 1.54) is 38.7 Å². The summed E-state index contributed by atoms with van der Waals surface area (Å²) in [5.41, 5.74) is 8.29. The van der Waals surface area contributed by atoms with Crippen molar-refractivity contribution in [2.24, 2.45) is 0 Å². The predicted octanol–water partition coefficient (Wildman–Crippen LogP) is 7.51. The molecule has 0 amide bonds. The van der Waals surface area contributed by atoms with E-state index in [-0.39, 0.29) is 0 Å². The molecule has 0 radical (unpaired) electrons. The number of rotatable bonds is 6. The van der Waals surface area contributed by atoms with Crippen LogP contribution in [0.25, 0.3) is 16.3 Å². The number of allylic oxidation sites excluding steroid dienone is 3.